The molecule has 0 saturated heterocycles. The van der Waals surface area contributed by atoms with Gasteiger partial charge < -0.3 is 9.47 Å². The molecular weight excluding hydrogens is 308 g/mol. The monoisotopic (exact) mass is 336 g/mol. The van der Waals surface area contributed by atoms with Crippen molar-refractivity contribution in [1.29, 1.82) is 0 Å². The highest BCUT2D eigenvalue weighted by atomic mass is 16.5. The summed E-state index contributed by atoms with van der Waals surface area (Å²) in [5.41, 5.74) is 5.96. The van der Waals surface area contributed by atoms with Crippen LogP contribution in [0.15, 0.2) is 24.3 Å². The van der Waals surface area contributed by atoms with Crippen LogP contribution in [0.5, 0.6) is 5.75 Å². The molecular formula is C18H28N2O4. The summed E-state index contributed by atoms with van der Waals surface area (Å²) in [4.78, 5) is 23.1. The summed E-state index contributed by atoms with van der Waals surface area (Å²) >= 11 is 0. The van der Waals surface area contributed by atoms with Gasteiger partial charge in [0.25, 0.3) is 5.91 Å². The van der Waals surface area contributed by atoms with E-state index >= 15 is 0 Å². The van der Waals surface area contributed by atoms with Gasteiger partial charge in [0.05, 0.1) is 13.0 Å². The zero-order valence-corrected chi connectivity index (χ0v) is 15.0. The molecule has 0 radical (unpaired) electrons. The maximum Gasteiger partial charge on any atom is 0.276 e. The van der Waals surface area contributed by atoms with Crippen LogP contribution in [0.2, 0.25) is 0 Å². The fourth-order valence-corrected chi connectivity index (χ4v) is 1.90. The van der Waals surface area contributed by atoms with Gasteiger partial charge in [-0.1, -0.05) is 32.9 Å². The smallest absolute Gasteiger partial charge is 0.276 e. The Morgan fingerprint density at radius 2 is 1.67 bits per heavy atom. The van der Waals surface area contributed by atoms with Crippen LogP contribution < -0.4 is 15.6 Å². The Balaban J connectivity index is 2.33. The van der Waals surface area contributed by atoms with Crippen LogP contribution in [0.3, 0.4) is 0 Å². The molecule has 0 heterocycles. The fourth-order valence-electron chi connectivity index (χ4n) is 1.90. The second kappa shape index (κ2) is 9.93. The molecule has 0 aromatic heterocycles. The van der Waals surface area contributed by atoms with Crippen molar-refractivity contribution in [3.8, 4) is 5.75 Å². The average molecular weight is 336 g/mol. The third kappa shape index (κ3) is 7.00. The van der Waals surface area contributed by atoms with Gasteiger partial charge >= 0.3 is 0 Å². The lowest BCUT2D eigenvalue weighted by Crippen LogP contribution is -2.44. The molecule has 0 spiro atoms. The van der Waals surface area contributed by atoms with Crippen molar-refractivity contribution in [3.63, 3.8) is 0 Å². The van der Waals surface area contributed by atoms with Crippen LogP contribution in [0.25, 0.3) is 0 Å². The quantitative estimate of drug-likeness (QED) is 0.536. The Labute approximate surface area is 143 Å². The van der Waals surface area contributed by atoms with Gasteiger partial charge in [0, 0.05) is 6.61 Å². The Morgan fingerprint density at radius 3 is 2.25 bits per heavy atom. The Kier molecular flexibility index (Phi) is 8.26. The van der Waals surface area contributed by atoms with Crippen molar-refractivity contribution in [2.45, 2.75) is 46.0 Å². The first-order valence-electron chi connectivity index (χ1n) is 8.27. The summed E-state index contributed by atoms with van der Waals surface area (Å²) < 4.78 is 10.5. The molecule has 0 atom stereocenters. The molecule has 134 valence electrons. The van der Waals surface area contributed by atoms with Gasteiger partial charge in [-0.25, -0.2) is 0 Å². The van der Waals surface area contributed by atoms with E-state index in [1.54, 1.807) is 0 Å². The molecule has 0 aliphatic heterocycles. The minimum absolute atomic E-state index is 0.113. The molecule has 1 aromatic carbocycles. The maximum absolute atomic E-state index is 11.6. The summed E-state index contributed by atoms with van der Waals surface area (Å²) in [6, 6.07) is 7.71. The van der Waals surface area contributed by atoms with E-state index in [9.17, 15) is 9.59 Å². The van der Waals surface area contributed by atoms with Crippen LogP contribution in [-0.2, 0) is 19.7 Å². The van der Waals surface area contributed by atoms with Gasteiger partial charge in [-0.2, -0.15) is 0 Å². The van der Waals surface area contributed by atoms with E-state index in [0.29, 0.717) is 19.0 Å². The van der Waals surface area contributed by atoms with E-state index in [2.05, 4.69) is 31.6 Å². The lowest BCUT2D eigenvalue weighted by atomic mass is 9.82. The predicted molar refractivity (Wildman–Crippen MR) is 92.6 cm³/mol. The van der Waals surface area contributed by atoms with Crippen molar-refractivity contribution in [2.24, 2.45) is 0 Å². The summed E-state index contributed by atoms with van der Waals surface area (Å²) in [5, 5.41) is 0. The number of amides is 2. The molecule has 2 N–H and O–H groups in total. The third-order valence-corrected chi connectivity index (χ3v) is 3.91. The number of carbonyl (C=O) groups is 2. The zero-order valence-electron chi connectivity index (χ0n) is 15.0. The standard InChI is InChI=1S/C18H28N2O4/c1-5-18(3,4)14-7-9-15(10-8-14)24-13-17(22)20-19-16(21)11-12-23-6-2/h7-10H,5-6,11-13H2,1-4H3,(H,19,21)(H,20,22). The van der Waals surface area contributed by atoms with Crippen molar-refractivity contribution >= 4 is 11.8 Å². The van der Waals surface area contributed by atoms with Crippen LogP contribution >= 0.6 is 0 Å². The van der Waals surface area contributed by atoms with E-state index in [4.69, 9.17) is 9.47 Å². The zero-order chi connectivity index (χ0) is 18.0. The highest BCUT2D eigenvalue weighted by Crippen LogP contribution is 2.27. The van der Waals surface area contributed by atoms with Crippen LogP contribution in [0, 0.1) is 0 Å². The summed E-state index contributed by atoms with van der Waals surface area (Å²) in [7, 11) is 0. The summed E-state index contributed by atoms with van der Waals surface area (Å²) in [5.74, 6) is -0.107. The van der Waals surface area contributed by atoms with Crippen molar-refractivity contribution < 1.29 is 19.1 Å². The van der Waals surface area contributed by atoms with E-state index in [1.165, 1.54) is 5.56 Å². The maximum atomic E-state index is 11.6. The molecule has 2 amide bonds. The molecule has 0 saturated carbocycles. The number of benzene rings is 1. The number of hydrogen-bond acceptors (Lipinski definition) is 4. The van der Waals surface area contributed by atoms with Crippen LogP contribution in [0.1, 0.15) is 46.1 Å². The Morgan fingerprint density at radius 1 is 1.04 bits per heavy atom. The number of nitrogens with one attached hydrogen (secondary N) is 2. The van der Waals surface area contributed by atoms with Gasteiger partial charge in [0.15, 0.2) is 6.61 Å². The predicted octanol–water partition coefficient (Wildman–Crippen LogP) is 2.33. The van der Waals surface area contributed by atoms with Crippen LogP contribution in [0.4, 0.5) is 0 Å². The van der Waals surface area contributed by atoms with E-state index in [-0.39, 0.29) is 24.3 Å². The average Bonchev–Trinajstić information content (AvgIpc) is 2.58. The number of carbonyl (C=O) groups excluding carboxylic acids is 2. The fraction of sp³-hybridized carbons (Fsp3) is 0.556. The van der Waals surface area contributed by atoms with Crippen LogP contribution in [-0.4, -0.2) is 31.6 Å². The highest BCUT2D eigenvalue weighted by Gasteiger charge is 2.17. The first kappa shape index (κ1) is 20.0. The van der Waals surface area contributed by atoms with Crippen molar-refractivity contribution in [1.82, 2.24) is 10.9 Å². The largest absolute Gasteiger partial charge is 0.484 e. The van der Waals surface area contributed by atoms with Crippen molar-refractivity contribution in [3.05, 3.63) is 29.8 Å². The number of ether oxygens (including phenoxy) is 2. The first-order chi connectivity index (χ1) is 11.4. The van der Waals surface area contributed by atoms with E-state index < -0.39 is 5.91 Å². The summed E-state index contributed by atoms with van der Waals surface area (Å²) in [6.07, 6.45) is 1.24. The minimum atomic E-state index is -0.419. The summed E-state index contributed by atoms with van der Waals surface area (Å²) in [6.45, 7) is 9.10. The molecule has 24 heavy (non-hydrogen) atoms. The number of hydrazine groups is 1. The van der Waals surface area contributed by atoms with Gasteiger partial charge in [-0.3, -0.25) is 20.4 Å². The number of rotatable bonds is 9. The SMILES string of the molecule is CCOCCC(=O)NNC(=O)COc1ccc(C(C)(C)CC)cc1. The molecule has 1 aromatic rings. The Hall–Kier alpha value is -2.08. The first-order valence-corrected chi connectivity index (χ1v) is 8.27. The van der Waals surface area contributed by atoms with Gasteiger partial charge in [0.1, 0.15) is 5.75 Å². The van der Waals surface area contributed by atoms with Gasteiger partial charge in [-0.05, 0) is 36.5 Å². The lowest BCUT2D eigenvalue weighted by molar-refractivity contribution is -0.130. The van der Waals surface area contributed by atoms with Gasteiger partial charge in [0.2, 0.25) is 5.91 Å². The third-order valence-electron chi connectivity index (χ3n) is 3.91. The molecule has 0 aliphatic rings. The van der Waals surface area contributed by atoms with Gasteiger partial charge in [-0.15, -0.1) is 0 Å². The molecule has 0 unspecified atom stereocenters. The molecule has 0 fully saturated rings. The number of hydrogen-bond donors (Lipinski definition) is 2. The normalized spacial score (nSPS) is 11.0. The molecule has 6 heteroatoms. The van der Waals surface area contributed by atoms with E-state index in [0.717, 1.165) is 6.42 Å². The topological polar surface area (TPSA) is 76.7 Å². The van der Waals surface area contributed by atoms with Crippen molar-refractivity contribution in [2.75, 3.05) is 19.8 Å². The van der Waals surface area contributed by atoms with E-state index in [1.807, 2.05) is 31.2 Å². The molecule has 0 aliphatic carbocycles. The molecule has 6 nitrogen and oxygen atoms in total. The molecule has 1 rings (SSSR count). The second-order valence-electron chi connectivity index (χ2n) is 6.09. The highest BCUT2D eigenvalue weighted by molar-refractivity contribution is 5.82. The minimum Gasteiger partial charge on any atom is -0.484 e. The lowest BCUT2D eigenvalue weighted by Gasteiger charge is -2.23. The molecule has 0 bridgehead atoms. The second-order valence-corrected chi connectivity index (χ2v) is 6.09. The Bertz CT molecular complexity index is 526.